The first-order chi connectivity index (χ1) is 15.9. The summed E-state index contributed by atoms with van der Waals surface area (Å²) in [5.41, 5.74) is 5.93. The smallest absolute Gasteiger partial charge is 0.222 e. The topological polar surface area (TPSA) is 76.0 Å². The minimum Gasteiger partial charge on any atom is -0.496 e. The van der Waals surface area contributed by atoms with Gasteiger partial charge in [0.2, 0.25) is 5.88 Å². The average Bonchev–Trinajstić information content (AvgIpc) is 3.39. The monoisotopic (exact) mass is 438 g/mol. The van der Waals surface area contributed by atoms with E-state index < -0.39 is 0 Å². The summed E-state index contributed by atoms with van der Waals surface area (Å²) in [4.78, 5) is 4.21. The fourth-order valence-electron chi connectivity index (χ4n) is 4.29. The van der Waals surface area contributed by atoms with E-state index in [1.165, 1.54) is 0 Å². The van der Waals surface area contributed by atoms with Crippen molar-refractivity contribution in [1.29, 1.82) is 0 Å². The van der Waals surface area contributed by atoms with Crippen molar-refractivity contribution in [2.45, 2.75) is 26.2 Å². The highest BCUT2D eigenvalue weighted by Crippen LogP contribution is 2.46. The first-order valence-corrected chi connectivity index (χ1v) is 10.9. The van der Waals surface area contributed by atoms with Crippen LogP contribution in [0.1, 0.15) is 26.5 Å². The van der Waals surface area contributed by atoms with Gasteiger partial charge in [0.25, 0.3) is 0 Å². The maximum Gasteiger partial charge on any atom is 0.222 e. The van der Waals surface area contributed by atoms with Gasteiger partial charge in [0.1, 0.15) is 11.3 Å². The number of aromatic nitrogens is 4. The number of hydrogen-bond acceptors (Lipinski definition) is 4. The zero-order chi connectivity index (χ0) is 23.2. The molecule has 3 aromatic heterocycles. The van der Waals surface area contributed by atoms with Gasteiger partial charge in [-0.1, -0.05) is 51.1 Å². The minimum atomic E-state index is -0.224. The van der Waals surface area contributed by atoms with Crippen molar-refractivity contribution in [3.05, 3.63) is 78.8 Å². The van der Waals surface area contributed by atoms with Gasteiger partial charge in [-0.15, -0.1) is 0 Å². The number of methoxy groups -OCH3 is 1. The minimum absolute atomic E-state index is 0.114. The van der Waals surface area contributed by atoms with Crippen molar-refractivity contribution in [3.63, 3.8) is 0 Å². The predicted octanol–water partition coefficient (Wildman–Crippen LogP) is 6.09. The Labute approximate surface area is 192 Å². The second-order valence-corrected chi connectivity index (χ2v) is 9.07. The van der Waals surface area contributed by atoms with E-state index in [1.54, 1.807) is 13.3 Å². The molecule has 166 valence electrons. The summed E-state index contributed by atoms with van der Waals surface area (Å²) in [6, 6.07) is 19.9. The van der Waals surface area contributed by atoms with Gasteiger partial charge < -0.3 is 9.84 Å². The Morgan fingerprint density at radius 3 is 2.36 bits per heavy atom. The van der Waals surface area contributed by atoms with Gasteiger partial charge in [0.05, 0.1) is 23.9 Å². The van der Waals surface area contributed by atoms with E-state index in [2.05, 4.69) is 36.0 Å². The lowest BCUT2D eigenvalue weighted by atomic mass is 9.89. The molecule has 33 heavy (non-hydrogen) atoms. The van der Waals surface area contributed by atoms with E-state index in [0.29, 0.717) is 5.52 Å². The van der Waals surface area contributed by atoms with Crippen molar-refractivity contribution in [2.75, 3.05) is 7.11 Å². The molecule has 0 amide bonds. The molecule has 0 bridgehead atoms. The summed E-state index contributed by atoms with van der Waals surface area (Å²) in [6.45, 7) is 6.35. The number of aromatic hydroxyl groups is 1. The molecule has 2 aromatic carbocycles. The number of ether oxygens (including phenoxy) is 1. The van der Waals surface area contributed by atoms with Crippen molar-refractivity contribution in [2.24, 2.45) is 0 Å². The van der Waals surface area contributed by atoms with Crippen LogP contribution in [0, 0.1) is 0 Å². The Kier molecular flexibility index (Phi) is 4.93. The first-order valence-electron chi connectivity index (χ1n) is 10.9. The van der Waals surface area contributed by atoms with Crippen LogP contribution in [0.4, 0.5) is 0 Å². The number of hydrogen-bond donors (Lipinski definition) is 2. The molecule has 0 saturated carbocycles. The molecule has 0 radical (unpaired) electrons. The largest absolute Gasteiger partial charge is 0.496 e. The van der Waals surface area contributed by atoms with E-state index in [4.69, 9.17) is 4.74 Å². The molecule has 5 rings (SSSR count). The molecule has 0 aliphatic rings. The number of aromatic amines is 1. The number of pyridine rings is 1. The van der Waals surface area contributed by atoms with Gasteiger partial charge in [-0.3, -0.25) is 14.6 Å². The second kappa shape index (κ2) is 7.81. The maximum absolute atomic E-state index is 11.4. The van der Waals surface area contributed by atoms with Crippen LogP contribution < -0.4 is 4.74 Å². The lowest BCUT2D eigenvalue weighted by Crippen LogP contribution is -2.12. The Hall–Kier alpha value is -4.06. The molecule has 2 N–H and O–H groups in total. The molecular weight excluding hydrogens is 412 g/mol. The van der Waals surface area contributed by atoms with Gasteiger partial charge >= 0.3 is 0 Å². The number of fused-ring (bicyclic) bond motifs is 1. The third-order valence-electron chi connectivity index (χ3n) is 5.86. The zero-order valence-corrected chi connectivity index (χ0v) is 19.1. The van der Waals surface area contributed by atoms with Crippen LogP contribution in [0.2, 0.25) is 0 Å². The Morgan fingerprint density at radius 1 is 0.939 bits per heavy atom. The third-order valence-corrected chi connectivity index (χ3v) is 5.86. The van der Waals surface area contributed by atoms with Gasteiger partial charge in [-0.25, -0.2) is 0 Å². The molecule has 0 spiro atoms. The number of nitrogens with one attached hydrogen (secondary N) is 1. The maximum atomic E-state index is 11.4. The lowest BCUT2D eigenvalue weighted by molar-refractivity contribution is 0.416. The molecule has 3 heterocycles. The Balaban J connectivity index is 1.79. The molecule has 6 nitrogen and oxygen atoms in total. The number of para-hydroxylation sites is 1. The van der Waals surface area contributed by atoms with Gasteiger partial charge in [0, 0.05) is 29.1 Å². The highest BCUT2D eigenvalue weighted by atomic mass is 16.5. The molecule has 0 unspecified atom stereocenters. The second-order valence-electron chi connectivity index (χ2n) is 9.07. The molecule has 0 saturated heterocycles. The first kappa shape index (κ1) is 20.8. The average molecular weight is 439 g/mol. The number of benzene rings is 2. The van der Waals surface area contributed by atoms with Gasteiger partial charge in [-0.05, 0) is 41.5 Å². The summed E-state index contributed by atoms with van der Waals surface area (Å²) in [5.74, 6) is 0.842. The van der Waals surface area contributed by atoms with Gasteiger partial charge in [-0.2, -0.15) is 5.10 Å². The number of H-pyrrole nitrogens is 1. The van der Waals surface area contributed by atoms with Crippen LogP contribution >= 0.6 is 0 Å². The summed E-state index contributed by atoms with van der Waals surface area (Å²) in [5, 5.41) is 19.9. The summed E-state index contributed by atoms with van der Waals surface area (Å²) < 4.78 is 7.56. The van der Waals surface area contributed by atoms with Crippen molar-refractivity contribution < 1.29 is 9.84 Å². The highest BCUT2D eigenvalue weighted by molar-refractivity contribution is 6.02. The van der Waals surface area contributed by atoms with Crippen molar-refractivity contribution >= 4 is 10.9 Å². The van der Waals surface area contributed by atoms with Crippen molar-refractivity contribution in [3.8, 4) is 39.7 Å². The number of rotatable bonds is 4. The lowest BCUT2D eigenvalue weighted by Gasteiger charge is -2.18. The van der Waals surface area contributed by atoms with E-state index in [-0.39, 0.29) is 11.3 Å². The normalized spacial score (nSPS) is 11.8. The summed E-state index contributed by atoms with van der Waals surface area (Å²) >= 11 is 0. The summed E-state index contributed by atoms with van der Waals surface area (Å²) in [6.07, 6.45) is 3.60. The SMILES string of the molecule is COc1ccccc1-c1c2c(C(C)(C)C)n[nH]c2c(O)n1-c1ccc(-c2cccnc2)cc1. The summed E-state index contributed by atoms with van der Waals surface area (Å²) in [7, 11) is 1.66. The van der Waals surface area contributed by atoms with Crippen molar-refractivity contribution in [1.82, 2.24) is 19.7 Å². The van der Waals surface area contributed by atoms with Gasteiger partial charge in [0.15, 0.2) is 0 Å². The molecule has 6 heteroatoms. The molecule has 5 aromatic rings. The highest BCUT2D eigenvalue weighted by Gasteiger charge is 2.30. The molecule has 0 aliphatic heterocycles. The van der Waals surface area contributed by atoms with Crippen LogP contribution in [0.5, 0.6) is 11.6 Å². The number of nitrogens with zero attached hydrogens (tertiary/aromatic N) is 3. The Bertz CT molecular complexity index is 1430. The molecule has 0 aliphatic carbocycles. The molecule has 0 atom stereocenters. The molecular formula is C27H26N4O2. The Morgan fingerprint density at radius 2 is 1.70 bits per heavy atom. The fraction of sp³-hybridized carbons (Fsp3) is 0.185. The fourth-order valence-corrected chi connectivity index (χ4v) is 4.29. The zero-order valence-electron chi connectivity index (χ0n) is 19.1. The predicted molar refractivity (Wildman–Crippen MR) is 131 cm³/mol. The van der Waals surface area contributed by atoms with E-state index >= 15 is 0 Å². The quantitative estimate of drug-likeness (QED) is 0.356. The van der Waals surface area contributed by atoms with Crippen LogP contribution in [-0.2, 0) is 5.41 Å². The van der Waals surface area contributed by atoms with Crippen LogP contribution in [0.3, 0.4) is 0 Å². The van der Waals surface area contributed by atoms with E-state index in [0.717, 1.165) is 44.9 Å². The third kappa shape index (κ3) is 3.44. The molecule has 0 fully saturated rings. The van der Waals surface area contributed by atoms with Crippen LogP contribution in [0.15, 0.2) is 73.1 Å². The van der Waals surface area contributed by atoms with Crippen LogP contribution in [-0.4, -0.2) is 32.0 Å². The van der Waals surface area contributed by atoms with E-state index in [1.807, 2.05) is 71.4 Å². The van der Waals surface area contributed by atoms with Crippen LogP contribution in [0.25, 0.3) is 39.0 Å². The standard InChI is InChI=1S/C27H26N4O2/c1-27(2,3)25-22-23(29-30-25)26(32)31(24(22)20-9-5-6-10-21(20)33-4)19-13-11-17(12-14-19)18-8-7-15-28-16-18/h5-16,29,32H,1-4H3. The van der Waals surface area contributed by atoms with E-state index in [9.17, 15) is 5.11 Å².